The van der Waals surface area contributed by atoms with Crippen molar-refractivity contribution in [3.05, 3.63) is 35.4 Å². The zero-order chi connectivity index (χ0) is 12.4. The molecule has 86 valence electrons. The number of carbonyl (C=O) groups excluding carboxylic acids is 1. The second kappa shape index (κ2) is 4.26. The standard InChI is InChI=1S/C12H12N4O/c1-2-16-10(11(14)15-12(16)17)9-6-4-3-5-8(9)7-13/h3-6,10H,2H2,1H3,(H2,14,15,17). The lowest BCUT2D eigenvalue weighted by Crippen LogP contribution is -2.33. The molecule has 1 aromatic rings. The summed E-state index contributed by atoms with van der Waals surface area (Å²) >= 11 is 0. The lowest BCUT2D eigenvalue weighted by atomic mass is 10.00. The van der Waals surface area contributed by atoms with E-state index in [9.17, 15) is 4.79 Å². The maximum Gasteiger partial charge on any atom is 0.346 e. The Balaban J connectivity index is 2.50. The number of hydrogen-bond donors (Lipinski definition) is 1. The van der Waals surface area contributed by atoms with Gasteiger partial charge in [0.15, 0.2) is 0 Å². The van der Waals surface area contributed by atoms with E-state index in [1.165, 1.54) is 0 Å². The summed E-state index contributed by atoms with van der Waals surface area (Å²) in [5, 5.41) is 9.06. The van der Waals surface area contributed by atoms with Gasteiger partial charge in [0.2, 0.25) is 0 Å². The van der Waals surface area contributed by atoms with Crippen molar-refractivity contribution in [2.75, 3.05) is 6.54 Å². The van der Waals surface area contributed by atoms with Crippen molar-refractivity contribution < 1.29 is 4.79 Å². The summed E-state index contributed by atoms with van der Waals surface area (Å²) in [7, 11) is 0. The van der Waals surface area contributed by atoms with Crippen LogP contribution in [0.25, 0.3) is 0 Å². The second-order valence-corrected chi connectivity index (χ2v) is 3.71. The minimum absolute atomic E-state index is 0.250. The van der Waals surface area contributed by atoms with E-state index >= 15 is 0 Å². The Morgan fingerprint density at radius 1 is 1.53 bits per heavy atom. The van der Waals surface area contributed by atoms with Gasteiger partial charge in [0.1, 0.15) is 11.9 Å². The van der Waals surface area contributed by atoms with Gasteiger partial charge in [0, 0.05) is 12.1 Å². The number of nitriles is 1. The first kappa shape index (κ1) is 11.1. The number of amides is 2. The first-order valence-corrected chi connectivity index (χ1v) is 5.32. The number of urea groups is 1. The molecule has 0 radical (unpaired) electrons. The molecule has 2 rings (SSSR count). The van der Waals surface area contributed by atoms with Gasteiger partial charge in [-0.3, -0.25) is 0 Å². The number of nitrogens with two attached hydrogens (primary N) is 1. The monoisotopic (exact) mass is 228 g/mol. The number of nitrogens with zero attached hydrogens (tertiary/aromatic N) is 3. The molecule has 0 saturated carbocycles. The number of rotatable bonds is 2. The summed E-state index contributed by atoms with van der Waals surface area (Å²) in [4.78, 5) is 16.9. The molecule has 1 atom stereocenters. The molecule has 1 aliphatic heterocycles. The van der Waals surface area contributed by atoms with Gasteiger partial charge in [-0.1, -0.05) is 18.2 Å². The Kier molecular flexibility index (Phi) is 2.79. The maximum atomic E-state index is 11.6. The average molecular weight is 228 g/mol. The Morgan fingerprint density at radius 2 is 2.24 bits per heavy atom. The van der Waals surface area contributed by atoms with Gasteiger partial charge in [-0.2, -0.15) is 10.3 Å². The number of amidine groups is 1. The number of carbonyl (C=O) groups is 1. The number of benzene rings is 1. The van der Waals surface area contributed by atoms with Crippen LogP contribution in [0, 0.1) is 11.3 Å². The van der Waals surface area contributed by atoms with Gasteiger partial charge in [-0.15, -0.1) is 0 Å². The molecule has 5 nitrogen and oxygen atoms in total. The van der Waals surface area contributed by atoms with E-state index in [4.69, 9.17) is 11.0 Å². The maximum absolute atomic E-state index is 11.6. The molecule has 17 heavy (non-hydrogen) atoms. The Hall–Kier alpha value is -2.35. The van der Waals surface area contributed by atoms with Crippen LogP contribution in [0.3, 0.4) is 0 Å². The molecule has 0 spiro atoms. The molecule has 1 unspecified atom stereocenters. The van der Waals surface area contributed by atoms with Gasteiger partial charge in [-0.25, -0.2) is 4.79 Å². The molecular formula is C12H12N4O. The Labute approximate surface area is 99.2 Å². The second-order valence-electron chi connectivity index (χ2n) is 3.71. The predicted octanol–water partition coefficient (Wildman–Crippen LogP) is 1.41. The third kappa shape index (κ3) is 1.74. The third-order valence-electron chi connectivity index (χ3n) is 2.78. The highest BCUT2D eigenvalue weighted by Gasteiger charge is 2.34. The van der Waals surface area contributed by atoms with E-state index in [0.29, 0.717) is 12.1 Å². The van der Waals surface area contributed by atoms with E-state index in [-0.39, 0.29) is 11.9 Å². The van der Waals surface area contributed by atoms with Crippen molar-refractivity contribution in [3.8, 4) is 6.07 Å². The lowest BCUT2D eigenvalue weighted by molar-refractivity contribution is 0.210. The Bertz CT molecular complexity index is 530. The van der Waals surface area contributed by atoms with Crippen LogP contribution in [0.2, 0.25) is 0 Å². The van der Waals surface area contributed by atoms with Crippen LogP contribution in [-0.2, 0) is 0 Å². The van der Waals surface area contributed by atoms with Crippen LogP contribution < -0.4 is 5.73 Å². The largest absolute Gasteiger partial charge is 0.385 e. The van der Waals surface area contributed by atoms with Crippen molar-refractivity contribution in [2.45, 2.75) is 13.0 Å². The number of hydrogen-bond acceptors (Lipinski definition) is 3. The van der Waals surface area contributed by atoms with Crippen LogP contribution in [-0.4, -0.2) is 23.3 Å². The highest BCUT2D eigenvalue weighted by Crippen LogP contribution is 2.28. The van der Waals surface area contributed by atoms with Crippen LogP contribution in [0.1, 0.15) is 24.1 Å². The highest BCUT2D eigenvalue weighted by molar-refractivity contribution is 6.03. The fraction of sp³-hybridized carbons (Fsp3) is 0.250. The highest BCUT2D eigenvalue weighted by atomic mass is 16.2. The minimum Gasteiger partial charge on any atom is -0.385 e. The topological polar surface area (TPSA) is 82.5 Å². The van der Waals surface area contributed by atoms with Crippen molar-refractivity contribution in [1.29, 1.82) is 5.26 Å². The molecule has 1 aromatic carbocycles. The quantitative estimate of drug-likeness (QED) is 0.830. The van der Waals surface area contributed by atoms with Crippen molar-refractivity contribution >= 4 is 11.9 Å². The molecule has 1 aliphatic rings. The van der Waals surface area contributed by atoms with Gasteiger partial charge in [0.05, 0.1) is 11.6 Å². The summed E-state index contributed by atoms with van der Waals surface area (Å²) in [5.41, 5.74) is 7.01. The predicted molar refractivity (Wildman–Crippen MR) is 63.3 cm³/mol. The third-order valence-corrected chi connectivity index (χ3v) is 2.78. The molecular weight excluding hydrogens is 216 g/mol. The van der Waals surface area contributed by atoms with Gasteiger partial charge in [0.25, 0.3) is 0 Å². The van der Waals surface area contributed by atoms with Crippen LogP contribution in [0.4, 0.5) is 4.79 Å². The first-order chi connectivity index (χ1) is 8.19. The average Bonchev–Trinajstić information content (AvgIpc) is 2.63. The molecule has 5 heteroatoms. The van der Waals surface area contributed by atoms with E-state index in [1.807, 2.05) is 13.0 Å². The SMILES string of the molecule is CCN1C(=O)N=C(N)C1c1ccccc1C#N. The van der Waals surface area contributed by atoms with E-state index in [2.05, 4.69) is 11.1 Å². The number of likely N-dealkylation sites (N-methyl/N-ethyl adjacent to an activating group) is 1. The van der Waals surface area contributed by atoms with Gasteiger partial charge < -0.3 is 10.6 Å². The van der Waals surface area contributed by atoms with Gasteiger partial charge >= 0.3 is 6.03 Å². The van der Waals surface area contributed by atoms with E-state index in [0.717, 1.165) is 5.56 Å². The van der Waals surface area contributed by atoms with E-state index in [1.54, 1.807) is 23.1 Å². The molecule has 0 aliphatic carbocycles. The summed E-state index contributed by atoms with van der Waals surface area (Å²) < 4.78 is 0. The van der Waals surface area contributed by atoms with Crippen molar-refractivity contribution in [1.82, 2.24) is 4.90 Å². The Morgan fingerprint density at radius 3 is 2.88 bits per heavy atom. The van der Waals surface area contributed by atoms with Crippen LogP contribution in [0.15, 0.2) is 29.3 Å². The molecule has 2 N–H and O–H groups in total. The minimum atomic E-state index is -0.414. The smallest absolute Gasteiger partial charge is 0.346 e. The fourth-order valence-electron chi connectivity index (χ4n) is 1.99. The molecule has 0 fully saturated rings. The van der Waals surface area contributed by atoms with Crippen molar-refractivity contribution in [3.63, 3.8) is 0 Å². The van der Waals surface area contributed by atoms with Crippen LogP contribution in [0.5, 0.6) is 0 Å². The zero-order valence-corrected chi connectivity index (χ0v) is 9.42. The molecule has 0 saturated heterocycles. The molecule has 0 aromatic heterocycles. The summed E-state index contributed by atoms with van der Waals surface area (Å²) in [6, 6.07) is 8.45. The molecule has 0 bridgehead atoms. The normalized spacial score (nSPS) is 19.1. The number of aliphatic imine (C=N–C) groups is 1. The van der Waals surface area contributed by atoms with Gasteiger partial charge in [-0.05, 0) is 13.0 Å². The van der Waals surface area contributed by atoms with E-state index < -0.39 is 6.04 Å². The van der Waals surface area contributed by atoms with Crippen molar-refractivity contribution in [2.24, 2.45) is 10.7 Å². The molecule has 1 heterocycles. The van der Waals surface area contributed by atoms with Crippen LogP contribution >= 0.6 is 0 Å². The zero-order valence-electron chi connectivity index (χ0n) is 9.42. The molecule has 2 amide bonds. The fourth-order valence-corrected chi connectivity index (χ4v) is 1.99. The first-order valence-electron chi connectivity index (χ1n) is 5.32. The summed E-state index contributed by atoms with van der Waals surface area (Å²) in [6.07, 6.45) is 0. The lowest BCUT2D eigenvalue weighted by Gasteiger charge is -2.23. The summed E-state index contributed by atoms with van der Waals surface area (Å²) in [5.74, 6) is 0.250. The summed E-state index contributed by atoms with van der Waals surface area (Å²) in [6.45, 7) is 2.36.